The summed E-state index contributed by atoms with van der Waals surface area (Å²) < 4.78 is 11.3. The lowest BCUT2D eigenvalue weighted by Gasteiger charge is -2.31. The Kier molecular flexibility index (Phi) is 7.41. The monoisotopic (exact) mass is 488 g/mol. The molecule has 1 aromatic heterocycles. The number of ether oxygens (including phenoxy) is 1. The van der Waals surface area contributed by atoms with Crippen molar-refractivity contribution in [3.8, 4) is 17.5 Å². The van der Waals surface area contributed by atoms with Crippen molar-refractivity contribution in [2.75, 3.05) is 25.0 Å². The summed E-state index contributed by atoms with van der Waals surface area (Å²) in [5.41, 5.74) is 3.75. The average Bonchev–Trinajstić information content (AvgIpc) is 3.24. The normalized spacial score (nSPS) is 15.0. The number of hydrogen-bond acceptors (Lipinski definition) is 7. The lowest BCUT2D eigenvalue weighted by molar-refractivity contribution is -0.156. The maximum Gasteiger partial charge on any atom is 0.320 e. The van der Waals surface area contributed by atoms with Crippen LogP contribution in [0, 0.1) is 24.2 Å². The fourth-order valence-electron chi connectivity index (χ4n) is 4.46. The van der Waals surface area contributed by atoms with Crippen LogP contribution in [0.5, 0.6) is 0 Å². The molecule has 8 heteroatoms. The van der Waals surface area contributed by atoms with Crippen LogP contribution in [0.25, 0.3) is 22.6 Å². The highest BCUT2D eigenvalue weighted by Crippen LogP contribution is 2.28. The molecule has 2 heterocycles. The number of aromatic nitrogens is 1. The molecular weight excluding hydrogens is 456 g/mol. The number of rotatable bonds is 6. The van der Waals surface area contributed by atoms with Crippen molar-refractivity contribution in [3.63, 3.8) is 0 Å². The van der Waals surface area contributed by atoms with Gasteiger partial charge in [-0.25, -0.2) is 4.98 Å². The lowest BCUT2D eigenvalue weighted by atomic mass is 9.93. The number of aryl methyl sites for hydroxylation is 1. The Balaban J connectivity index is 1.28. The Morgan fingerprint density at radius 2 is 1.89 bits per heavy atom. The van der Waals surface area contributed by atoms with Crippen molar-refractivity contribution in [1.82, 2.24) is 9.88 Å². The van der Waals surface area contributed by atoms with Crippen LogP contribution in [-0.2, 0) is 14.3 Å². The van der Waals surface area contributed by atoms with Gasteiger partial charge in [0.15, 0.2) is 5.58 Å². The second-order valence-electron chi connectivity index (χ2n) is 10.4. The molecule has 1 saturated heterocycles. The third kappa shape index (κ3) is 6.49. The largest absolute Gasteiger partial charge is 0.459 e. The number of benzene rings is 2. The molecule has 0 spiro atoms. The maximum absolute atomic E-state index is 12.6. The van der Waals surface area contributed by atoms with Crippen LogP contribution >= 0.6 is 0 Å². The van der Waals surface area contributed by atoms with E-state index in [-0.39, 0.29) is 11.9 Å². The summed E-state index contributed by atoms with van der Waals surface area (Å²) in [4.78, 5) is 31.3. The second kappa shape index (κ2) is 10.5. The van der Waals surface area contributed by atoms with Crippen LogP contribution < -0.4 is 5.32 Å². The third-order valence-electron chi connectivity index (χ3n) is 6.17. The van der Waals surface area contributed by atoms with E-state index < -0.39 is 5.60 Å². The molecule has 1 amide bonds. The fraction of sp³-hybridized carbons (Fsp3) is 0.429. The molecule has 8 nitrogen and oxygen atoms in total. The van der Waals surface area contributed by atoms with Gasteiger partial charge in [0.25, 0.3) is 0 Å². The molecule has 0 radical (unpaired) electrons. The van der Waals surface area contributed by atoms with E-state index in [0.29, 0.717) is 47.1 Å². The first kappa shape index (κ1) is 25.4. The molecule has 0 atom stereocenters. The summed E-state index contributed by atoms with van der Waals surface area (Å²) in [5, 5.41) is 12.1. The van der Waals surface area contributed by atoms with Crippen molar-refractivity contribution < 1.29 is 18.7 Å². The Bertz CT molecular complexity index is 1290. The van der Waals surface area contributed by atoms with Gasteiger partial charge in [0.05, 0.1) is 18.2 Å². The number of esters is 1. The zero-order valence-electron chi connectivity index (χ0n) is 21.3. The molecule has 3 aromatic rings. The van der Waals surface area contributed by atoms with Gasteiger partial charge in [-0.3, -0.25) is 14.5 Å². The Hall–Kier alpha value is -3.70. The number of nitriles is 1. The minimum Gasteiger partial charge on any atom is -0.459 e. The van der Waals surface area contributed by atoms with E-state index >= 15 is 0 Å². The number of fused-ring (bicyclic) bond motifs is 1. The second-order valence-corrected chi connectivity index (χ2v) is 10.4. The number of piperidine rings is 1. The SMILES string of the molecule is Cc1cc(C#N)cc2nc(-c3ccc(NC(=O)CC4CCN(CC(=O)OC(C)(C)C)CC4)cc3)oc12. The highest BCUT2D eigenvalue weighted by atomic mass is 16.6. The molecule has 0 aliphatic carbocycles. The van der Waals surface area contributed by atoms with Crippen molar-refractivity contribution >= 4 is 28.7 Å². The average molecular weight is 489 g/mol. The van der Waals surface area contributed by atoms with Crippen LogP contribution in [0.2, 0.25) is 0 Å². The quantitative estimate of drug-likeness (QED) is 0.483. The minimum atomic E-state index is -0.477. The standard InChI is InChI=1S/C28H32N4O4/c1-18-13-20(16-29)14-23-26(18)35-27(31-23)21-5-7-22(8-6-21)30-24(33)15-19-9-11-32(12-10-19)17-25(34)36-28(2,3)4/h5-8,13-14,19H,9-12,15,17H2,1-4H3,(H,30,33). The number of nitrogens with zero attached hydrogens (tertiary/aromatic N) is 3. The van der Waals surface area contributed by atoms with E-state index in [1.54, 1.807) is 12.1 Å². The highest BCUT2D eigenvalue weighted by molar-refractivity contribution is 5.91. The summed E-state index contributed by atoms with van der Waals surface area (Å²) >= 11 is 0. The van der Waals surface area contributed by atoms with Crippen molar-refractivity contribution in [3.05, 3.63) is 47.5 Å². The number of carbonyl (C=O) groups is 2. The summed E-state index contributed by atoms with van der Waals surface area (Å²) in [6.07, 6.45) is 2.20. The van der Waals surface area contributed by atoms with Gasteiger partial charge >= 0.3 is 5.97 Å². The summed E-state index contributed by atoms with van der Waals surface area (Å²) in [6, 6.07) is 13.0. The van der Waals surface area contributed by atoms with Crippen LogP contribution in [0.1, 0.15) is 51.2 Å². The van der Waals surface area contributed by atoms with Gasteiger partial charge in [-0.1, -0.05) is 0 Å². The first-order valence-electron chi connectivity index (χ1n) is 12.3. The van der Waals surface area contributed by atoms with Crippen LogP contribution in [0.3, 0.4) is 0 Å². The smallest absolute Gasteiger partial charge is 0.320 e. The highest BCUT2D eigenvalue weighted by Gasteiger charge is 2.25. The predicted molar refractivity (Wildman–Crippen MR) is 137 cm³/mol. The number of likely N-dealkylation sites (tertiary alicyclic amines) is 1. The van der Waals surface area contributed by atoms with Gasteiger partial charge in [0, 0.05) is 17.7 Å². The van der Waals surface area contributed by atoms with Crippen LogP contribution in [0.4, 0.5) is 5.69 Å². The number of hydrogen-bond donors (Lipinski definition) is 1. The zero-order valence-corrected chi connectivity index (χ0v) is 21.3. The molecule has 36 heavy (non-hydrogen) atoms. The Labute approximate surface area is 211 Å². The molecule has 1 aliphatic rings. The number of amides is 1. The van der Waals surface area contributed by atoms with Gasteiger partial charge in [-0.05, 0) is 102 Å². The molecule has 0 bridgehead atoms. The van der Waals surface area contributed by atoms with Crippen molar-refractivity contribution in [2.45, 2.75) is 52.6 Å². The topological polar surface area (TPSA) is 108 Å². The van der Waals surface area contributed by atoms with E-state index in [9.17, 15) is 9.59 Å². The maximum atomic E-state index is 12.6. The fourth-order valence-corrected chi connectivity index (χ4v) is 4.46. The van der Waals surface area contributed by atoms with E-state index in [2.05, 4.69) is 21.3 Å². The van der Waals surface area contributed by atoms with E-state index in [1.165, 1.54) is 0 Å². The third-order valence-corrected chi connectivity index (χ3v) is 6.17. The first-order chi connectivity index (χ1) is 17.1. The minimum absolute atomic E-state index is 0.0186. The van der Waals surface area contributed by atoms with Crippen molar-refractivity contribution in [2.24, 2.45) is 5.92 Å². The van der Waals surface area contributed by atoms with Gasteiger partial charge < -0.3 is 14.5 Å². The number of anilines is 1. The molecule has 1 fully saturated rings. The van der Waals surface area contributed by atoms with Crippen molar-refractivity contribution in [1.29, 1.82) is 5.26 Å². The Morgan fingerprint density at radius 1 is 1.19 bits per heavy atom. The number of oxazole rings is 1. The lowest BCUT2D eigenvalue weighted by Crippen LogP contribution is -2.40. The summed E-state index contributed by atoms with van der Waals surface area (Å²) in [6.45, 7) is 9.35. The van der Waals surface area contributed by atoms with Crippen LogP contribution in [-0.4, -0.2) is 47.0 Å². The predicted octanol–water partition coefficient (Wildman–Crippen LogP) is 5.06. The molecule has 188 valence electrons. The van der Waals surface area contributed by atoms with Gasteiger partial charge in [-0.15, -0.1) is 0 Å². The van der Waals surface area contributed by atoms with Crippen LogP contribution in [0.15, 0.2) is 40.8 Å². The molecule has 4 rings (SSSR count). The Morgan fingerprint density at radius 3 is 2.53 bits per heavy atom. The molecule has 2 aromatic carbocycles. The van der Waals surface area contributed by atoms with E-state index in [0.717, 1.165) is 37.1 Å². The molecule has 0 unspecified atom stereocenters. The first-order valence-corrected chi connectivity index (χ1v) is 12.3. The number of carbonyl (C=O) groups excluding carboxylic acids is 2. The van der Waals surface area contributed by atoms with E-state index in [1.807, 2.05) is 52.0 Å². The zero-order chi connectivity index (χ0) is 25.9. The number of nitrogens with one attached hydrogen (secondary N) is 1. The molecule has 0 saturated carbocycles. The van der Waals surface area contributed by atoms with Gasteiger partial charge in [0.1, 0.15) is 11.1 Å². The summed E-state index contributed by atoms with van der Waals surface area (Å²) in [7, 11) is 0. The summed E-state index contributed by atoms with van der Waals surface area (Å²) in [5.74, 6) is 0.538. The molecular formula is C28H32N4O4. The van der Waals surface area contributed by atoms with E-state index in [4.69, 9.17) is 14.4 Å². The molecule has 1 aliphatic heterocycles. The van der Waals surface area contributed by atoms with Gasteiger partial charge in [-0.2, -0.15) is 5.26 Å². The molecule has 1 N–H and O–H groups in total. The van der Waals surface area contributed by atoms with Gasteiger partial charge in [0.2, 0.25) is 11.8 Å².